The van der Waals surface area contributed by atoms with Crippen LogP contribution < -0.4 is 4.74 Å². The lowest BCUT2D eigenvalue weighted by atomic mass is 9.68. The van der Waals surface area contributed by atoms with Crippen molar-refractivity contribution in [2.24, 2.45) is 7.05 Å². The van der Waals surface area contributed by atoms with E-state index in [0.29, 0.717) is 23.7 Å². The number of carbonyl (C=O) groups excluding carboxylic acids is 1. The Hall–Kier alpha value is -2.88. The molecule has 1 heterocycles. The van der Waals surface area contributed by atoms with Crippen LogP contribution in [0.15, 0.2) is 30.3 Å². The third kappa shape index (κ3) is 3.76. The first-order valence-corrected chi connectivity index (χ1v) is 11.5. The van der Waals surface area contributed by atoms with Gasteiger partial charge in [0, 0.05) is 12.6 Å². The van der Waals surface area contributed by atoms with Gasteiger partial charge in [-0.25, -0.2) is 4.68 Å². The van der Waals surface area contributed by atoms with E-state index < -0.39 is 0 Å². The largest absolute Gasteiger partial charge is 0.472 e. The minimum atomic E-state index is 0.000145. The molecule has 1 aliphatic rings. The highest BCUT2D eigenvalue weighted by atomic mass is 16.5. The van der Waals surface area contributed by atoms with Crippen LogP contribution in [0, 0.1) is 27.7 Å². The molecule has 32 heavy (non-hydrogen) atoms. The Bertz CT molecular complexity index is 1200. The molecule has 0 fully saturated rings. The minimum absolute atomic E-state index is 0.000145. The molecule has 0 aliphatic heterocycles. The number of aromatic nitrogens is 2. The third-order valence-corrected chi connectivity index (χ3v) is 7.09. The summed E-state index contributed by atoms with van der Waals surface area (Å²) in [6.45, 7) is 13.2. The van der Waals surface area contributed by atoms with Gasteiger partial charge in [0.05, 0.1) is 5.69 Å². The highest BCUT2D eigenvalue weighted by molar-refractivity contribution is 6.12. The molecule has 0 N–H and O–H groups in total. The zero-order chi connectivity index (χ0) is 23.2. The number of hydrogen-bond acceptors (Lipinski definition) is 3. The lowest BCUT2D eigenvalue weighted by Gasteiger charge is -2.36. The molecule has 0 bridgehead atoms. The van der Waals surface area contributed by atoms with Gasteiger partial charge in [0.1, 0.15) is 12.2 Å². The van der Waals surface area contributed by atoms with Crippen LogP contribution in [0.25, 0.3) is 0 Å². The van der Waals surface area contributed by atoms with Crippen molar-refractivity contribution in [1.29, 1.82) is 0 Å². The van der Waals surface area contributed by atoms with Crippen molar-refractivity contribution >= 4 is 5.78 Å². The molecule has 4 nitrogen and oxygen atoms in total. The average Bonchev–Trinajstić information content (AvgIpc) is 3.01. The van der Waals surface area contributed by atoms with Crippen LogP contribution in [-0.4, -0.2) is 15.6 Å². The number of benzene rings is 2. The van der Waals surface area contributed by atoms with E-state index in [9.17, 15) is 4.79 Å². The number of fused-ring (bicyclic) bond motifs is 1. The first kappa shape index (κ1) is 22.3. The summed E-state index contributed by atoms with van der Waals surface area (Å²) in [7, 11) is 1.84. The van der Waals surface area contributed by atoms with Crippen molar-refractivity contribution in [2.45, 2.75) is 72.8 Å². The van der Waals surface area contributed by atoms with Crippen molar-refractivity contribution in [2.75, 3.05) is 0 Å². The van der Waals surface area contributed by atoms with Gasteiger partial charge in [0.25, 0.3) is 0 Å². The number of rotatable bonds is 5. The summed E-state index contributed by atoms with van der Waals surface area (Å²) in [5.74, 6) is 0.532. The highest BCUT2D eigenvalue weighted by Gasteiger charge is 2.33. The second kappa shape index (κ2) is 8.23. The molecule has 4 heteroatoms. The maximum Gasteiger partial charge on any atom is 0.223 e. The summed E-state index contributed by atoms with van der Waals surface area (Å²) in [5.41, 5.74) is 9.49. The molecule has 0 atom stereocenters. The highest BCUT2D eigenvalue weighted by Crippen LogP contribution is 2.42. The zero-order valence-electron chi connectivity index (χ0n) is 20.4. The summed E-state index contributed by atoms with van der Waals surface area (Å²) in [5, 5.41) is 4.53. The predicted molar refractivity (Wildman–Crippen MR) is 129 cm³/mol. The number of ether oxygens (including phenoxy) is 1. The number of ketones is 1. The number of hydrogen-bond donors (Lipinski definition) is 0. The first-order chi connectivity index (χ1) is 15.1. The molecule has 0 saturated carbocycles. The predicted octanol–water partition coefficient (Wildman–Crippen LogP) is 6.08. The van der Waals surface area contributed by atoms with E-state index >= 15 is 0 Å². The van der Waals surface area contributed by atoms with Gasteiger partial charge < -0.3 is 4.74 Å². The van der Waals surface area contributed by atoms with Crippen LogP contribution in [-0.2, 0) is 25.5 Å². The quantitative estimate of drug-likeness (QED) is 0.461. The lowest BCUT2D eigenvalue weighted by molar-refractivity contribution is 0.103. The number of nitrogens with zero attached hydrogens (tertiary/aromatic N) is 2. The second-order valence-corrected chi connectivity index (χ2v) is 9.89. The Labute approximate surface area is 191 Å². The maximum absolute atomic E-state index is 13.9. The molecule has 0 spiro atoms. The molecule has 3 aromatic rings. The monoisotopic (exact) mass is 430 g/mol. The van der Waals surface area contributed by atoms with E-state index in [-0.39, 0.29) is 11.2 Å². The fourth-order valence-corrected chi connectivity index (χ4v) is 5.39. The van der Waals surface area contributed by atoms with E-state index in [4.69, 9.17) is 4.74 Å². The Morgan fingerprint density at radius 1 is 1.12 bits per heavy atom. The van der Waals surface area contributed by atoms with Gasteiger partial charge in [0.15, 0.2) is 0 Å². The van der Waals surface area contributed by atoms with E-state index in [2.05, 4.69) is 57.9 Å². The molecule has 1 aromatic heterocycles. The summed E-state index contributed by atoms with van der Waals surface area (Å²) in [4.78, 5) is 13.9. The smallest absolute Gasteiger partial charge is 0.223 e. The van der Waals surface area contributed by atoms with Crippen LogP contribution in [0.5, 0.6) is 5.88 Å². The fraction of sp³-hybridized carbons (Fsp3) is 0.429. The molecule has 4 rings (SSSR count). The molecule has 2 aromatic carbocycles. The maximum atomic E-state index is 13.9. The molecule has 0 radical (unpaired) electrons. The van der Waals surface area contributed by atoms with Gasteiger partial charge in [0.2, 0.25) is 11.7 Å². The van der Waals surface area contributed by atoms with E-state index in [1.165, 1.54) is 28.7 Å². The zero-order valence-corrected chi connectivity index (χ0v) is 20.4. The summed E-state index contributed by atoms with van der Waals surface area (Å²) in [6.07, 6.45) is 3.44. The van der Waals surface area contributed by atoms with Crippen molar-refractivity contribution in [1.82, 2.24) is 9.78 Å². The summed E-state index contributed by atoms with van der Waals surface area (Å²) < 4.78 is 7.89. The SMILES string of the molecule is Cc1ccccc1COc1c(C(=O)c2cc(C)c3c(c2C)C(C)(C)CCC3)c(C)nn1C. The van der Waals surface area contributed by atoms with E-state index in [1.807, 2.05) is 26.1 Å². The Morgan fingerprint density at radius 3 is 2.56 bits per heavy atom. The Balaban J connectivity index is 1.77. The first-order valence-electron chi connectivity index (χ1n) is 11.5. The van der Waals surface area contributed by atoms with Crippen LogP contribution in [0.2, 0.25) is 0 Å². The van der Waals surface area contributed by atoms with Crippen molar-refractivity contribution in [3.63, 3.8) is 0 Å². The van der Waals surface area contributed by atoms with Gasteiger partial charge in [-0.15, -0.1) is 0 Å². The van der Waals surface area contributed by atoms with Gasteiger partial charge in [-0.3, -0.25) is 4.79 Å². The second-order valence-electron chi connectivity index (χ2n) is 9.89. The number of aryl methyl sites for hydroxylation is 4. The summed E-state index contributed by atoms with van der Waals surface area (Å²) >= 11 is 0. The lowest BCUT2D eigenvalue weighted by Crippen LogP contribution is -2.27. The molecule has 0 saturated heterocycles. The van der Waals surface area contributed by atoms with Crippen molar-refractivity contribution in [3.8, 4) is 5.88 Å². The minimum Gasteiger partial charge on any atom is -0.472 e. The molecule has 1 aliphatic carbocycles. The van der Waals surface area contributed by atoms with Crippen LogP contribution >= 0.6 is 0 Å². The molecule has 168 valence electrons. The normalized spacial score (nSPS) is 14.8. The van der Waals surface area contributed by atoms with Crippen molar-refractivity contribution < 1.29 is 9.53 Å². The van der Waals surface area contributed by atoms with Gasteiger partial charge in [-0.05, 0) is 91.8 Å². The van der Waals surface area contributed by atoms with Crippen molar-refractivity contribution in [3.05, 3.63) is 80.5 Å². The Kier molecular flexibility index (Phi) is 5.74. The standard InChI is InChI=1S/C28H34N2O2/c1-17-11-8-9-12-21(17)16-32-27-24(20(4)29-30(27)7)26(31)23-15-18(2)22-13-10-14-28(5,6)25(22)19(23)3/h8-9,11-12,15H,10,13-14,16H2,1-7H3. The van der Waals surface area contributed by atoms with Gasteiger partial charge in [-0.2, -0.15) is 5.10 Å². The van der Waals surface area contributed by atoms with Gasteiger partial charge >= 0.3 is 0 Å². The van der Waals surface area contributed by atoms with Gasteiger partial charge in [-0.1, -0.05) is 38.1 Å². The average molecular weight is 431 g/mol. The van der Waals surface area contributed by atoms with E-state index in [0.717, 1.165) is 29.5 Å². The Morgan fingerprint density at radius 2 is 1.84 bits per heavy atom. The fourth-order valence-electron chi connectivity index (χ4n) is 5.39. The number of carbonyl (C=O) groups is 1. The van der Waals surface area contributed by atoms with Crippen LogP contribution in [0.3, 0.4) is 0 Å². The third-order valence-electron chi connectivity index (χ3n) is 7.09. The molecule has 0 amide bonds. The van der Waals surface area contributed by atoms with E-state index in [1.54, 1.807) is 4.68 Å². The molecular formula is C28H34N2O2. The molecular weight excluding hydrogens is 396 g/mol. The molecule has 0 unspecified atom stereocenters. The topological polar surface area (TPSA) is 44.1 Å². The van der Waals surface area contributed by atoms with Crippen LogP contribution in [0.1, 0.15) is 81.7 Å². The van der Waals surface area contributed by atoms with Crippen LogP contribution in [0.4, 0.5) is 0 Å². The summed E-state index contributed by atoms with van der Waals surface area (Å²) in [6, 6.07) is 10.2.